The number of Topliss-reactive ketones (excluding diaryl/α,β-unsaturated/α-hetero) is 1. The zero-order valence-electron chi connectivity index (χ0n) is 14.2. The van der Waals surface area contributed by atoms with Crippen molar-refractivity contribution in [3.63, 3.8) is 0 Å². The molecule has 2 aliphatic rings. The van der Waals surface area contributed by atoms with Crippen molar-refractivity contribution in [1.82, 2.24) is 0 Å². The molecule has 0 amide bonds. The van der Waals surface area contributed by atoms with Crippen LogP contribution in [-0.4, -0.2) is 29.2 Å². The van der Waals surface area contributed by atoms with Gasteiger partial charge in [0, 0.05) is 42.0 Å². The van der Waals surface area contributed by atoms with Crippen molar-refractivity contribution >= 4 is 5.78 Å². The first-order valence-electron chi connectivity index (χ1n) is 8.07. The van der Waals surface area contributed by atoms with Crippen molar-refractivity contribution in [3.8, 4) is 17.2 Å². The van der Waals surface area contributed by atoms with Gasteiger partial charge in [0.25, 0.3) is 0 Å². The Balaban J connectivity index is 2.09. The Morgan fingerprint density at radius 2 is 2.17 bits per heavy atom. The number of rotatable bonds is 3. The second-order valence-corrected chi connectivity index (χ2v) is 6.54. The van der Waals surface area contributed by atoms with E-state index in [0.717, 1.165) is 16.7 Å². The largest absolute Gasteiger partial charge is 0.504 e. The molecule has 0 saturated carbocycles. The number of methoxy groups -OCH3 is 1. The maximum Gasteiger partial charge on any atom is 0.165 e. The molecule has 2 N–H and O–H groups in total. The van der Waals surface area contributed by atoms with Crippen LogP contribution in [0.3, 0.4) is 0 Å². The summed E-state index contributed by atoms with van der Waals surface area (Å²) in [7, 11) is 1.52. The van der Waals surface area contributed by atoms with Gasteiger partial charge in [0.1, 0.15) is 11.5 Å². The molecule has 1 atom stereocenters. The molecule has 128 valence electrons. The van der Waals surface area contributed by atoms with Crippen LogP contribution in [0.4, 0.5) is 0 Å². The van der Waals surface area contributed by atoms with Crippen molar-refractivity contribution in [3.05, 3.63) is 40.2 Å². The predicted octanol–water partition coefficient (Wildman–Crippen LogP) is 2.82. The van der Waals surface area contributed by atoms with Crippen LogP contribution in [0.1, 0.15) is 37.8 Å². The Hall–Kier alpha value is -2.27. The summed E-state index contributed by atoms with van der Waals surface area (Å²) >= 11 is 0. The van der Waals surface area contributed by atoms with Crippen LogP contribution in [0.25, 0.3) is 0 Å². The van der Waals surface area contributed by atoms with E-state index in [1.54, 1.807) is 0 Å². The van der Waals surface area contributed by atoms with Crippen LogP contribution in [0, 0.1) is 0 Å². The first-order chi connectivity index (χ1) is 11.4. The lowest BCUT2D eigenvalue weighted by Gasteiger charge is -2.30. The number of carbonyl (C=O) groups excluding carboxylic acids is 1. The van der Waals surface area contributed by atoms with Gasteiger partial charge in [-0.3, -0.25) is 4.79 Å². The van der Waals surface area contributed by atoms with Gasteiger partial charge in [-0.2, -0.15) is 0 Å². The number of phenols is 1. The minimum absolute atomic E-state index is 0.0140. The fraction of sp³-hybridized carbons (Fsp3) is 0.421. The number of phenolic OH excluding ortho intramolecular Hbond substituents is 1. The molecule has 0 spiro atoms. The van der Waals surface area contributed by atoms with Crippen LogP contribution < -0.4 is 9.47 Å². The summed E-state index contributed by atoms with van der Waals surface area (Å²) < 4.78 is 11.2. The number of hydrogen-bond donors (Lipinski definition) is 2. The van der Waals surface area contributed by atoms with Crippen LogP contribution >= 0.6 is 0 Å². The highest BCUT2D eigenvalue weighted by Crippen LogP contribution is 2.45. The second kappa shape index (κ2) is 6.32. The molecule has 0 radical (unpaired) electrons. The van der Waals surface area contributed by atoms with Gasteiger partial charge in [-0.15, -0.1) is 0 Å². The standard InChI is InChI=1S/C19H22O5/c1-10(2)4-5-12-13-8-14-15(21)6-11(20)7-17(14)24-18(13)9-16(22)19(12)23-3/h4,9,11,20,22H,5-8H2,1-3H3. The molecule has 1 aliphatic carbocycles. The predicted molar refractivity (Wildman–Crippen MR) is 89.4 cm³/mol. The minimum Gasteiger partial charge on any atom is -0.504 e. The van der Waals surface area contributed by atoms with E-state index in [9.17, 15) is 15.0 Å². The van der Waals surface area contributed by atoms with Crippen molar-refractivity contribution in [2.45, 2.75) is 45.6 Å². The molecule has 24 heavy (non-hydrogen) atoms. The topological polar surface area (TPSA) is 76.0 Å². The SMILES string of the molecule is COc1c(O)cc2c(c1CC=C(C)C)CC1=C(CC(O)CC1=O)O2. The number of ether oxygens (including phenoxy) is 2. The van der Waals surface area contributed by atoms with E-state index in [0.29, 0.717) is 42.1 Å². The summed E-state index contributed by atoms with van der Waals surface area (Å²) in [5.41, 5.74) is 3.48. The molecule has 1 heterocycles. The maximum atomic E-state index is 12.3. The Labute approximate surface area is 141 Å². The van der Waals surface area contributed by atoms with E-state index in [1.807, 2.05) is 19.9 Å². The van der Waals surface area contributed by atoms with Crippen molar-refractivity contribution < 1.29 is 24.5 Å². The Morgan fingerprint density at radius 3 is 2.83 bits per heavy atom. The number of benzene rings is 1. The van der Waals surface area contributed by atoms with E-state index >= 15 is 0 Å². The smallest absolute Gasteiger partial charge is 0.165 e. The number of aromatic hydroxyl groups is 1. The molecule has 0 aromatic heterocycles. The molecule has 0 saturated heterocycles. The molecular formula is C19H22O5. The van der Waals surface area contributed by atoms with Crippen molar-refractivity contribution in [1.29, 1.82) is 0 Å². The Bertz CT molecular complexity index is 754. The molecule has 1 aliphatic heterocycles. The molecule has 1 unspecified atom stereocenters. The van der Waals surface area contributed by atoms with Gasteiger partial charge in [0.2, 0.25) is 0 Å². The summed E-state index contributed by atoms with van der Waals surface area (Å²) in [5, 5.41) is 20.0. The van der Waals surface area contributed by atoms with Gasteiger partial charge in [0.05, 0.1) is 13.2 Å². The summed E-state index contributed by atoms with van der Waals surface area (Å²) in [4.78, 5) is 12.3. The van der Waals surface area contributed by atoms with Gasteiger partial charge in [0.15, 0.2) is 17.3 Å². The van der Waals surface area contributed by atoms with Gasteiger partial charge in [-0.1, -0.05) is 11.6 Å². The van der Waals surface area contributed by atoms with Crippen LogP contribution in [0.5, 0.6) is 17.2 Å². The van der Waals surface area contributed by atoms with Crippen molar-refractivity contribution in [2.24, 2.45) is 0 Å². The molecular weight excluding hydrogens is 308 g/mol. The summed E-state index contributed by atoms with van der Waals surface area (Å²) in [6, 6.07) is 1.52. The van der Waals surface area contributed by atoms with Crippen LogP contribution in [0.15, 0.2) is 29.0 Å². The number of allylic oxidation sites excluding steroid dienone is 3. The van der Waals surface area contributed by atoms with Gasteiger partial charge in [-0.05, 0) is 20.3 Å². The fourth-order valence-corrected chi connectivity index (χ4v) is 3.26. The normalized spacial score (nSPS) is 19.3. The third kappa shape index (κ3) is 2.91. The summed E-state index contributed by atoms with van der Waals surface area (Å²) in [6.07, 6.45) is 2.85. The number of hydrogen-bond acceptors (Lipinski definition) is 5. The van der Waals surface area contributed by atoms with E-state index in [2.05, 4.69) is 0 Å². The Morgan fingerprint density at radius 1 is 1.42 bits per heavy atom. The van der Waals surface area contributed by atoms with E-state index in [1.165, 1.54) is 13.2 Å². The van der Waals surface area contributed by atoms with Gasteiger partial charge < -0.3 is 19.7 Å². The zero-order chi connectivity index (χ0) is 17.4. The second-order valence-electron chi connectivity index (χ2n) is 6.54. The lowest BCUT2D eigenvalue weighted by molar-refractivity contribution is -0.118. The Kier molecular flexibility index (Phi) is 4.37. The number of fused-ring (bicyclic) bond motifs is 1. The highest BCUT2D eigenvalue weighted by molar-refractivity contribution is 5.98. The third-order valence-corrected chi connectivity index (χ3v) is 4.46. The lowest BCUT2D eigenvalue weighted by atomic mass is 9.85. The third-order valence-electron chi connectivity index (χ3n) is 4.46. The van der Waals surface area contributed by atoms with E-state index in [4.69, 9.17) is 9.47 Å². The fourth-order valence-electron chi connectivity index (χ4n) is 3.26. The van der Waals surface area contributed by atoms with Gasteiger partial charge in [-0.25, -0.2) is 0 Å². The average Bonchev–Trinajstić information content (AvgIpc) is 2.50. The summed E-state index contributed by atoms with van der Waals surface area (Å²) in [5.74, 6) is 1.41. The van der Waals surface area contributed by atoms with Crippen LogP contribution in [-0.2, 0) is 17.6 Å². The van der Waals surface area contributed by atoms with Gasteiger partial charge >= 0.3 is 0 Å². The molecule has 5 heteroatoms. The van der Waals surface area contributed by atoms with E-state index < -0.39 is 6.10 Å². The molecule has 1 aromatic carbocycles. The lowest BCUT2D eigenvalue weighted by Crippen LogP contribution is -2.29. The number of aliphatic hydroxyl groups is 1. The molecule has 0 fully saturated rings. The molecule has 3 rings (SSSR count). The quantitative estimate of drug-likeness (QED) is 0.834. The molecule has 5 nitrogen and oxygen atoms in total. The zero-order valence-corrected chi connectivity index (χ0v) is 14.2. The highest BCUT2D eigenvalue weighted by atomic mass is 16.5. The minimum atomic E-state index is -0.699. The number of ketones is 1. The van der Waals surface area contributed by atoms with E-state index in [-0.39, 0.29) is 18.0 Å². The first kappa shape index (κ1) is 16.6. The monoisotopic (exact) mass is 330 g/mol. The first-order valence-corrected chi connectivity index (χ1v) is 8.07. The van der Waals surface area contributed by atoms with Crippen LogP contribution in [0.2, 0.25) is 0 Å². The summed E-state index contributed by atoms with van der Waals surface area (Å²) in [6.45, 7) is 4.01. The maximum absolute atomic E-state index is 12.3. The average molecular weight is 330 g/mol. The van der Waals surface area contributed by atoms with Crippen molar-refractivity contribution in [2.75, 3.05) is 7.11 Å². The number of aliphatic hydroxyl groups excluding tert-OH is 1. The number of carbonyl (C=O) groups is 1. The molecule has 1 aromatic rings. The highest BCUT2D eigenvalue weighted by Gasteiger charge is 2.34. The molecule has 0 bridgehead atoms.